The lowest BCUT2D eigenvalue weighted by atomic mass is 10.0. The molecule has 0 bridgehead atoms. The van der Waals surface area contributed by atoms with E-state index in [1.54, 1.807) is 0 Å². The highest BCUT2D eigenvalue weighted by molar-refractivity contribution is 6.33. The Labute approximate surface area is 123 Å². The number of anilines is 1. The molecule has 2 aromatic rings. The van der Waals surface area contributed by atoms with Crippen LogP contribution in [0.1, 0.15) is 18.4 Å². The molecule has 0 unspecified atom stereocenters. The van der Waals surface area contributed by atoms with Crippen molar-refractivity contribution >= 4 is 23.2 Å². The van der Waals surface area contributed by atoms with E-state index < -0.39 is 0 Å². The van der Waals surface area contributed by atoms with Crippen LogP contribution >= 0.6 is 11.6 Å². The monoisotopic (exact) mass is 285 g/mol. The van der Waals surface area contributed by atoms with E-state index in [9.17, 15) is 4.79 Å². The Morgan fingerprint density at radius 3 is 2.50 bits per heavy atom. The maximum absolute atomic E-state index is 11.7. The van der Waals surface area contributed by atoms with Gasteiger partial charge in [-0.1, -0.05) is 35.4 Å². The predicted molar refractivity (Wildman–Crippen MR) is 83.0 cm³/mol. The summed E-state index contributed by atoms with van der Waals surface area (Å²) in [7, 11) is 0. The summed E-state index contributed by atoms with van der Waals surface area (Å²) in [6, 6.07) is 13.8. The third-order valence-corrected chi connectivity index (χ3v) is 3.86. The van der Waals surface area contributed by atoms with Gasteiger partial charge in [-0.25, -0.2) is 0 Å². The van der Waals surface area contributed by atoms with E-state index in [2.05, 4.69) is 11.4 Å². The van der Waals surface area contributed by atoms with Crippen molar-refractivity contribution in [2.75, 3.05) is 5.32 Å². The minimum Gasteiger partial charge on any atom is -0.326 e. The molecule has 0 atom stereocenters. The van der Waals surface area contributed by atoms with Gasteiger partial charge in [0.2, 0.25) is 5.91 Å². The Morgan fingerprint density at radius 2 is 1.85 bits per heavy atom. The molecule has 0 aromatic heterocycles. The molecule has 102 valence electrons. The fourth-order valence-corrected chi connectivity index (χ4v) is 2.41. The molecule has 1 N–H and O–H groups in total. The third kappa shape index (κ3) is 2.86. The van der Waals surface area contributed by atoms with Gasteiger partial charge in [0, 0.05) is 22.2 Å². The van der Waals surface area contributed by atoms with E-state index in [1.807, 2.05) is 43.3 Å². The average Bonchev–Trinajstić information content (AvgIpc) is 3.27. The third-order valence-electron chi connectivity index (χ3n) is 3.53. The summed E-state index contributed by atoms with van der Waals surface area (Å²) in [5.41, 5.74) is 4.10. The summed E-state index contributed by atoms with van der Waals surface area (Å²) < 4.78 is 0. The second kappa shape index (κ2) is 5.29. The lowest BCUT2D eigenvalue weighted by Gasteiger charge is -2.08. The number of carbonyl (C=O) groups excluding carboxylic acids is 1. The highest BCUT2D eigenvalue weighted by atomic mass is 35.5. The predicted octanol–water partition coefficient (Wildman–Crippen LogP) is 4.66. The van der Waals surface area contributed by atoms with Gasteiger partial charge in [0.05, 0.1) is 0 Å². The molecule has 20 heavy (non-hydrogen) atoms. The van der Waals surface area contributed by atoms with Gasteiger partial charge in [-0.05, 0) is 49.6 Å². The first-order valence-corrected chi connectivity index (χ1v) is 7.19. The van der Waals surface area contributed by atoms with Crippen molar-refractivity contribution in [2.45, 2.75) is 19.8 Å². The van der Waals surface area contributed by atoms with Crippen LogP contribution in [0.25, 0.3) is 11.1 Å². The van der Waals surface area contributed by atoms with E-state index in [1.165, 1.54) is 5.56 Å². The average molecular weight is 286 g/mol. The zero-order valence-electron chi connectivity index (χ0n) is 11.3. The fourth-order valence-electron chi connectivity index (χ4n) is 2.18. The van der Waals surface area contributed by atoms with Crippen molar-refractivity contribution in [1.82, 2.24) is 0 Å². The molecule has 3 heteroatoms. The molecule has 1 aliphatic rings. The minimum absolute atomic E-state index is 0.131. The van der Waals surface area contributed by atoms with Crippen LogP contribution in [0.3, 0.4) is 0 Å². The number of carbonyl (C=O) groups is 1. The van der Waals surface area contributed by atoms with Crippen LogP contribution < -0.4 is 5.32 Å². The van der Waals surface area contributed by atoms with Crippen LogP contribution in [0.5, 0.6) is 0 Å². The standard InChI is InChI=1S/C17H16ClNO/c1-11-2-9-16(18)15(10-11)12-5-7-14(8-6-12)19-17(20)13-3-4-13/h2,5-10,13H,3-4H2,1H3,(H,19,20). The van der Waals surface area contributed by atoms with E-state index in [-0.39, 0.29) is 11.8 Å². The summed E-state index contributed by atoms with van der Waals surface area (Å²) in [6.07, 6.45) is 2.03. The van der Waals surface area contributed by atoms with Crippen LogP contribution in [-0.4, -0.2) is 5.91 Å². The second-order valence-electron chi connectivity index (χ2n) is 5.32. The van der Waals surface area contributed by atoms with Gasteiger partial charge in [0.1, 0.15) is 0 Å². The first kappa shape index (κ1) is 13.2. The van der Waals surface area contributed by atoms with Crippen LogP contribution in [-0.2, 0) is 4.79 Å². The molecule has 1 amide bonds. The van der Waals surface area contributed by atoms with E-state index >= 15 is 0 Å². The van der Waals surface area contributed by atoms with Crippen molar-refractivity contribution in [2.24, 2.45) is 5.92 Å². The zero-order chi connectivity index (χ0) is 14.1. The molecule has 0 radical (unpaired) electrons. The van der Waals surface area contributed by atoms with Crippen LogP contribution in [0, 0.1) is 12.8 Å². The van der Waals surface area contributed by atoms with Gasteiger partial charge in [-0.3, -0.25) is 4.79 Å². The maximum Gasteiger partial charge on any atom is 0.227 e. The van der Waals surface area contributed by atoms with Gasteiger partial charge in [0.25, 0.3) is 0 Å². The second-order valence-corrected chi connectivity index (χ2v) is 5.73. The molecule has 2 nitrogen and oxygen atoms in total. The summed E-state index contributed by atoms with van der Waals surface area (Å²) in [4.78, 5) is 11.7. The Hall–Kier alpha value is -1.80. The lowest BCUT2D eigenvalue weighted by Crippen LogP contribution is -2.12. The zero-order valence-corrected chi connectivity index (χ0v) is 12.1. The van der Waals surface area contributed by atoms with Gasteiger partial charge in [-0.15, -0.1) is 0 Å². The highest BCUT2D eigenvalue weighted by Gasteiger charge is 2.29. The molecule has 0 saturated heterocycles. The molecule has 0 spiro atoms. The Balaban J connectivity index is 1.81. The number of aryl methyl sites for hydroxylation is 1. The normalized spacial score (nSPS) is 14.1. The fraction of sp³-hybridized carbons (Fsp3) is 0.235. The molecule has 0 heterocycles. The van der Waals surface area contributed by atoms with Crippen molar-refractivity contribution < 1.29 is 4.79 Å². The number of amides is 1. The number of halogens is 1. The minimum atomic E-state index is 0.131. The largest absolute Gasteiger partial charge is 0.326 e. The molecular formula is C17H16ClNO. The van der Waals surface area contributed by atoms with Crippen molar-refractivity contribution in [3.8, 4) is 11.1 Å². The van der Waals surface area contributed by atoms with Crippen molar-refractivity contribution in [3.05, 3.63) is 53.1 Å². The first-order valence-electron chi connectivity index (χ1n) is 6.81. The van der Waals surface area contributed by atoms with Crippen LogP contribution in [0.4, 0.5) is 5.69 Å². The van der Waals surface area contributed by atoms with Crippen molar-refractivity contribution in [3.63, 3.8) is 0 Å². The Morgan fingerprint density at radius 1 is 1.15 bits per heavy atom. The van der Waals surface area contributed by atoms with E-state index in [0.29, 0.717) is 0 Å². The van der Waals surface area contributed by atoms with Crippen LogP contribution in [0.15, 0.2) is 42.5 Å². The topological polar surface area (TPSA) is 29.1 Å². The van der Waals surface area contributed by atoms with Crippen LogP contribution in [0.2, 0.25) is 5.02 Å². The summed E-state index contributed by atoms with van der Waals surface area (Å²) in [5.74, 6) is 0.354. The lowest BCUT2D eigenvalue weighted by molar-refractivity contribution is -0.117. The maximum atomic E-state index is 11.7. The number of hydrogen-bond donors (Lipinski definition) is 1. The SMILES string of the molecule is Cc1ccc(Cl)c(-c2ccc(NC(=O)C3CC3)cc2)c1. The number of rotatable bonds is 3. The number of nitrogens with one attached hydrogen (secondary N) is 1. The molecule has 3 rings (SSSR count). The molecule has 2 aromatic carbocycles. The van der Waals surface area contributed by atoms with Crippen molar-refractivity contribution in [1.29, 1.82) is 0 Å². The Bertz CT molecular complexity index is 645. The molecule has 0 aliphatic heterocycles. The van der Waals surface area contributed by atoms with Gasteiger partial charge in [0.15, 0.2) is 0 Å². The number of benzene rings is 2. The summed E-state index contributed by atoms with van der Waals surface area (Å²) >= 11 is 6.23. The molecule has 1 fully saturated rings. The smallest absolute Gasteiger partial charge is 0.227 e. The first-order chi connectivity index (χ1) is 9.63. The van der Waals surface area contributed by atoms with Gasteiger partial charge < -0.3 is 5.32 Å². The quantitative estimate of drug-likeness (QED) is 0.873. The van der Waals surface area contributed by atoms with E-state index in [0.717, 1.165) is 34.7 Å². The van der Waals surface area contributed by atoms with Gasteiger partial charge >= 0.3 is 0 Å². The molecular weight excluding hydrogens is 270 g/mol. The molecule has 1 saturated carbocycles. The van der Waals surface area contributed by atoms with E-state index in [4.69, 9.17) is 11.6 Å². The Kier molecular flexibility index (Phi) is 3.49. The number of hydrogen-bond acceptors (Lipinski definition) is 1. The highest BCUT2D eigenvalue weighted by Crippen LogP contribution is 2.32. The summed E-state index contributed by atoms with van der Waals surface area (Å²) in [6.45, 7) is 2.05. The molecule has 1 aliphatic carbocycles. The van der Waals surface area contributed by atoms with Gasteiger partial charge in [-0.2, -0.15) is 0 Å². The summed E-state index contributed by atoms with van der Waals surface area (Å²) in [5, 5.41) is 3.68.